The van der Waals surface area contributed by atoms with Crippen LogP contribution in [0.25, 0.3) is 12.2 Å². The molecule has 0 bridgehead atoms. The molecule has 0 unspecified atom stereocenters. The summed E-state index contributed by atoms with van der Waals surface area (Å²) in [5, 5.41) is 9.09. The minimum Gasteiger partial charge on any atom is -0.493 e. The van der Waals surface area contributed by atoms with Crippen molar-refractivity contribution in [3.05, 3.63) is 59.2 Å². The first-order chi connectivity index (χ1) is 15.8. The molecule has 0 radical (unpaired) electrons. The number of hydrogen-bond acceptors (Lipinski definition) is 8. The van der Waals surface area contributed by atoms with Crippen molar-refractivity contribution < 1.29 is 33.3 Å². The standard InChI is InChI=1S/C25H25NO7/c1-16(2)32-20-9-6-17(13-22(20)29-3)8-11-24(27)33-21-10-7-18(14-23(21)30-4)12-19(15-26)25(28)31-5/h6-14,16H,1-5H3/b11-8+,19-12+. The lowest BCUT2D eigenvalue weighted by atomic mass is 10.1. The Bertz CT molecular complexity index is 1110. The summed E-state index contributed by atoms with van der Waals surface area (Å²) in [6.45, 7) is 3.84. The molecule has 0 aliphatic heterocycles. The minimum absolute atomic E-state index is 0.000846. The van der Waals surface area contributed by atoms with Crippen molar-refractivity contribution in [3.63, 3.8) is 0 Å². The van der Waals surface area contributed by atoms with E-state index in [0.29, 0.717) is 17.1 Å². The smallest absolute Gasteiger partial charge is 0.348 e. The number of nitrogens with zero attached hydrogens (tertiary/aromatic N) is 1. The van der Waals surface area contributed by atoms with E-state index in [1.54, 1.807) is 43.5 Å². The molecule has 0 heterocycles. The van der Waals surface area contributed by atoms with Crippen molar-refractivity contribution in [3.8, 4) is 29.1 Å². The first-order valence-electron chi connectivity index (χ1n) is 9.94. The average Bonchev–Trinajstić information content (AvgIpc) is 2.81. The van der Waals surface area contributed by atoms with Crippen molar-refractivity contribution in [1.82, 2.24) is 0 Å². The summed E-state index contributed by atoms with van der Waals surface area (Å²) in [5.74, 6) is 0.220. The molecule has 8 nitrogen and oxygen atoms in total. The summed E-state index contributed by atoms with van der Waals surface area (Å²) in [5.41, 5.74) is 1.05. The first kappa shape index (κ1) is 25.0. The lowest BCUT2D eigenvalue weighted by Crippen LogP contribution is -2.07. The van der Waals surface area contributed by atoms with E-state index in [4.69, 9.17) is 24.2 Å². The summed E-state index contributed by atoms with van der Waals surface area (Å²) < 4.78 is 26.2. The van der Waals surface area contributed by atoms with E-state index in [9.17, 15) is 9.59 Å². The predicted molar refractivity (Wildman–Crippen MR) is 122 cm³/mol. The van der Waals surface area contributed by atoms with Gasteiger partial charge in [0.2, 0.25) is 0 Å². The van der Waals surface area contributed by atoms with Crippen molar-refractivity contribution >= 4 is 24.1 Å². The molecule has 0 N–H and O–H groups in total. The molecule has 0 amide bonds. The third-order valence-corrected chi connectivity index (χ3v) is 4.20. The molecule has 0 saturated carbocycles. The van der Waals surface area contributed by atoms with Crippen molar-refractivity contribution in [2.24, 2.45) is 0 Å². The predicted octanol–water partition coefficient (Wildman–Crippen LogP) is 4.19. The molecule has 2 rings (SSSR count). The van der Waals surface area contributed by atoms with E-state index in [2.05, 4.69) is 4.74 Å². The van der Waals surface area contributed by atoms with Gasteiger partial charge in [0.15, 0.2) is 23.0 Å². The van der Waals surface area contributed by atoms with Crippen LogP contribution in [0.2, 0.25) is 0 Å². The van der Waals surface area contributed by atoms with Gasteiger partial charge in [0.05, 0.1) is 27.4 Å². The Labute approximate surface area is 192 Å². The van der Waals surface area contributed by atoms with E-state index in [1.807, 2.05) is 13.8 Å². The van der Waals surface area contributed by atoms with Gasteiger partial charge < -0.3 is 23.7 Å². The molecule has 172 valence electrons. The van der Waals surface area contributed by atoms with Crippen LogP contribution < -0.4 is 18.9 Å². The van der Waals surface area contributed by atoms with Gasteiger partial charge in [-0.2, -0.15) is 5.26 Å². The maximum absolute atomic E-state index is 12.3. The molecular formula is C25H25NO7. The lowest BCUT2D eigenvalue weighted by Gasteiger charge is -2.13. The third kappa shape index (κ3) is 7.14. The molecular weight excluding hydrogens is 426 g/mol. The second-order valence-corrected chi connectivity index (χ2v) is 6.90. The Morgan fingerprint density at radius 3 is 2.12 bits per heavy atom. The Morgan fingerprint density at radius 1 is 0.909 bits per heavy atom. The van der Waals surface area contributed by atoms with Gasteiger partial charge in [-0.25, -0.2) is 9.59 Å². The lowest BCUT2D eigenvalue weighted by molar-refractivity contribution is -0.135. The number of ether oxygens (including phenoxy) is 5. The average molecular weight is 451 g/mol. The topological polar surface area (TPSA) is 104 Å². The van der Waals surface area contributed by atoms with E-state index < -0.39 is 11.9 Å². The summed E-state index contributed by atoms with van der Waals surface area (Å²) in [6, 6.07) is 11.7. The molecule has 2 aromatic rings. The molecule has 2 aromatic carbocycles. The first-order valence-corrected chi connectivity index (χ1v) is 9.94. The van der Waals surface area contributed by atoms with Crippen LogP contribution in [0.5, 0.6) is 23.0 Å². The van der Waals surface area contributed by atoms with Crippen LogP contribution in [-0.2, 0) is 14.3 Å². The molecule has 0 aliphatic rings. The van der Waals surface area contributed by atoms with Crippen LogP contribution in [0, 0.1) is 11.3 Å². The second-order valence-electron chi connectivity index (χ2n) is 6.90. The highest BCUT2D eigenvalue weighted by molar-refractivity contribution is 5.98. The van der Waals surface area contributed by atoms with Gasteiger partial charge in [0.1, 0.15) is 11.6 Å². The highest BCUT2D eigenvalue weighted by Gasteiger charge is 2.12. The van der Waals surface area contributed by atoms with Crippen molar-refractivity contribution in [1.29, 1.82) is 5.26 Å². The molecule has 0 fully saturated rings. The van der Waals surface area contributed by atoms with E-state index in [1.165, 1.54) is 38.5 Å². The second kappa shape index (κ2) is 12.0. The number of nitriles is 1. The summed E-state index contributed by atoms with van der Waals surface area (Å²) in [6.07, 6.45) is 4.21. The minimum atomic E-state index is -0.752. The fourth-order valence-corrected chi connectivity index (χ4v) is 2.72. The molecule has 0 aromatic heterocycles. The van der Waals surface area contributed by atoms with Gasteiger partial charge in [-0.15, -0.1) is 0 Å². The molecule has 0 aliphatic carbocycles. The van der Waals surface area contributed by atoms with E-state index in [0.717, 1.165) is 5.56 Å². The number of carbonyl (C=O) groups excluding carboxylic acids is 2. The van der Waals surface area contributed by atoms with Crippen molar-refractivity contribution in [2.45, 2.75) is 20.0 Å². The number of carbonyl (C=O) groups is 2. The molecule has 8 heteroatoms. The number of benzene rings is 2. The van der Waals surface area contributed by atoms with E-state index >= 15 is 0 Å². The normalized spacial score (nSPS) is 11.1. The summed E-state index contributed by atoms with van der Waals surface area (Å²) in [4.78, 5) is 23.9. The zero-order valence-corrected chi connectivity index (χ0v) is 19.1. The fraction of sp³-hybridized carbons (Fsp3) is 0.240. The molecule has 0 spiro atoms. The Balaban J connectivity index is 2.17. The third-order valence-electron chi connectivity index (χ3n) is 4.20. The van der Waals surface area contributed by atoms with Crippen LogP contribution in [0.3, 0.4) is 0 Å². The monoisotopic (exact) mass is 451 g/mol. The zero-order valence-electron chi connectivity index (χ0n) is 19.1. The summed E-state index contributed by atoms with van der Waals surface area (Å²) >= 11 is 0. The fourth-order valence-electron chi connectivity index (χ4n) is 2.72. The van der Waals surface area contributed by atoms with Gasteiger partial charge in [0, 0.05) is 6.08 Å². The van der Waals surface area contributed by atoms with Crippen LogP contribution in [0.15, 0.2) is 48.0 Å². The van der Waals surface area contributed by atoms with Crippen LogP contribution in [0.4, 0.5) is 0 Å². The van der Waals surface area contributed by atoms with Crippen LogP contribution in [-0.4, -0.2) is 39.4 Å². The molecule has 0 saturated heterocycles. The van der Waals surface area contributed by atoms with Crippen LogP contribution >= 0.6 is 0 Å². The van der Waals surface area contributed by atoms with Gasteiger partial charge in [-0.3, -0.25) is 0 Å². The van der Waals surface area contributed by atoms with Gasteiger partial charge in [-0.05, 0) is 61.4 Å². The van der Waals surface area contributed by atoms with E-state index in [-0.39, 0.29) is 23.2 Å². The Kier molecular flexibility index (Phi) is 9.06. The quantitative estimate of drug-likeness (QED) is 0.242. The van der Waals surface area contributed by atoms with Crippen LogP contribution in [0.1, 0.15) is 25.0 Å². The van der Waals surface area contributed by atoms with Gasteiger partial charge in [-0.1, -0.05) is 12.1 Å². The largest absolute Gasteiger partial charge is 0.493 e. The van der Waals surface area contributed by atoms with Gasteiger partial charge >= 0.3 is 11.9 Å². The maximum atomic E-state index is 12.3. The molecule has 33 heavy (non-hydrogen) atoms. The number of hydrogen-bond donors (Lipinski definition) is 0. The number of rotatable bonds is 9. The summed E-state index contributed by atoms with van der Waals surface area (Å²) in [7, 11) is 4.14. The zero-order chi connectivity index (χ0) is 24.4. The number of methoxy groups -OCH3 is 3. The maximum Gasteiger partial charge on any atom is 0.348 e. The van der Waals surface area contributed by atoms with Crippen molar-refractivity contribution in [2.75, 3.05) is 21.3 Å². The Hall–Kier alpha value is -4.25. The van der Waals surface area contributed by atoms with Gasteiger partial charge in [0.25, 0.3) is 0 Å². The molecule has 0 atom stereocenters. The SMILES string of the molecule is COC(=O)/C(C#N)=C/c1ccc(OC(=O)/C=C/c2ccc(OC(C)C)c(OC)c2)c(OC)c1. The Morgan fingerprint density at radius 2 is 1.52 bits per heavy atom. The highest BCUT2D eigenvalue weighted by atomic mass is 16.6. The number of esters is 2. The highest BCUT2D eigenvalue weighted by Crippen LogP contribution is 2.31.